The molecule has 4 rings (SSSR count). The van der Waals surface area contributed by atoms with Crippen molar-refractivity contribution in [3.63, 3.8) is 0 Å². The molecule has 2 aromatic rings. The predicted octanol–water partition coefficient (Wildman–Crippen LogP) is 5.06. The Morgan fingerprint density at radius 2 is 1.62 bits per heavy atom. The van der Waals surface area contributed by atoms with Crippen LogP contribution in [0.2, 0.25) is 10.0 Å². The van der Waals surface area contributed by atoms with Gasteiger partial charge < -0.3 is 15.1 Å². The van der Waals surface area contributed by atoms with Gasteiger partial charge in [-0.3, -0.25) is 9.59 Å². The van der Waals surface area contributed by atoms with Gasteiger partial charge in [-0.1, -0.05) is 48.2 Å². The molecule has 150 valence electrons. The fourth-order valence-electron chi connectivity index (χ4n) is 4.19. The van der Waals surface area contributed by atoms with Gasteiger partial charge in [0.25, 0.3) is 11.7 Å². The van der Waals surface area contributed by atoms with E-state index >= 15 is 0 Å². The maximum absolute atomic E-state index is 13.0. The minimum Gasteiger partial charge on any atom is -0.508 e. The third-order valence-corrected chi connectivity index (χ3v) is 6.34. The first kappa shape index (κ1) is 19.8. The van der Waals surface area contributed by atoms with Crippen molar-refractivity contribution in [2.45, 2.75) is 37.8 Å². The molecule has 5 nitrogen and oxygen atoms in total. The van der Waals surface area contributed by atoms with Gasteiger partial charge in [-0.25, -0.2) is 0 Å². The van der Waals surface area contributed by atoms with Crippen LogP contribution in [0.1, 0.15) is 42.9 Å². The summed E-state index contributed by atoms with van der Waals surface area (Å²) in [4.78, 5) is 27.5. The van der Waals surface area contributed by atoms with Crippen LogP contribution < -0.4 is 0 Å². The molecule has 1 amide bonds. The summed E-state index contributed by atoms with van der Waals surface area (Å²) in [6, 6.07) is 10.1. The van der Waals surface area contributed by atoms with Gasteiger partial charge in [0.15, 0.2) is 0 Å². The molecule has 1 heterocycles. The molecule has 0 radical (unpaired) electrons. The lowest BCUT2D eigenvalue weighted by molar-refractivity contribution is -0.141. The maximum atomic E-state index is 13.0. The second kappa shape index (κ2) is 7.73. The van der Waals surface area contributed by atoms with Gasteiger partial charge >= 0.3 is 0 Å². The van der Waals surface area contributed by atoms with Crippen LogP contribution in [0.3, 0.4) is 0 Å². The molecule has 1 unspecified atom stereocenters. The van der Waals surface area contributed by atoms with Gasteiger partial charge in [-0.15, -0.1) is 0 Å². The number of hydrogen-bond donors (Lipinski definition) is 2. The number of hydrogen-bond acceptors (Lipinski definition) is 4. The first-order valence-corrected chi connectivity index (χ1v) is 10.2. The van der Waals surface area contributed by atoms with E-state index in [9.17, 15) is 19.8 Å². The Morgan fingerprint density at radius 1 is 0.966 bits per heavy atom. The third kappa shape index (κ3) is 3.49. The Kier molecular flexibility index (Phi) is 5.28. The molecule has 1 aliphatic carbocycles. The predicted molar refractivity (Wildman–Crippen MR) is 111 cm³/mol. The van der Waals surface area contributed by atoms with Crippen LogP contribution in [-0.4, -0.2) is 32.8 Å². The van der Waals surface area contributed by atoms with E-state index in [1.54, 1.807) is 23.1 Å². The van der Waals surface area contributed by atoms with E-state index in [4.69, 9.17) is 23.2 Å². The number of carbonyl (C=O) groups excluding carboxylic acids is 2. The smallest absolute Gasteiger partial charge is 0.295 e. The second-order valence-electron chi connectivity index (χ2n) is 7.37. The Morgan fingerprint density at radius 3 is 2.24 bits per heavy atom. The molecule has 0 aromatic heterocycles. The highest BCUT2D eigenvalue weighted by molar-refractivity contribution is 6.47. The average molecular weight is 432 g/mol. The fourth-order valence-corrected chi connectivity index (χ4v) is 4.49. The number of ketones is 1. The molecule has 29 heavy (non-hydrogen) atoms. The number of aliphatic hydroxyl groups is 1. The number of rotatable bonds is 3. The van der Waals surface area contributed by atoms with Crippen molar-refractivity contribution < 1.29 is 19.8 Å². The molecule has 1 saturated carbocycles. The molecule has 0 bridgehead atoms. The van der Waals surface area contributed by atoms with E-state index in [1.807, 2.05) is 0 Å². The van der Waals surface area contributed by atoms with Crippen LogP contribution in [0.5, 0.6) is 5.75 Å². The Bertz CT molecular complexity index is 1010. The van der Waals surface area contributed by atoms with Crippen molar-refractivity contribution in [3.8, 4) is 5.75 Å². The molecule has 1 saturated heterocycles. The van der Waals surface area contributed by atoms with Crippen molar-refractivity contribution in [3.05, 3.63) is 69.2 Å². The largest absolute Gasteiger partial charge is 0.508 e. The molecule has 1 aliphatic heterocycles. The fraction of sp³-hybridized carbons (Fsp3) is 0.273. The van der Waals surface area contributed by atoms with E-state index < -0.39 is 17.7 Å². The number of phenols is 1. The van der Waals surface area contributed by atoms with E-state index in [-0.39, 0.29) is 28.1 Å². The normalized spacial score (nSPS) is 21.9. The molecule has 0 spiro atoms. The first-order chi connectivity index (χ1) is 13.9. The number of aromatic hydroxyl groups is 1. The molecule has 2 aromatic carbocycles. The summed E-state index contributed by atoms with van der Waals surface area (Å²) in [6.45, 7) is 0. The summed E-state index contributed by atoms with van der Waals surface area (Å²) in [5.41, 5.74) is 0.981. The number of halogens is 2. The van der Waals surface area contributed by atoms with Gasteiger partial charge in [0.2, 0.25) is 0 Å². The third-order valence-electron chi connectivity index (χ3n) is 5.60. The van der Waals surface area contributed by atoms with Crippen LogP contribution in [-0.2, 0) is 9.59 Å². The highest BCUT2D eigenvalue weighted by Gasteiger charge is 2.49. The number of aliphatic hydroxyl groups excluding tert-OH is 1. The molecule has 1 atom stereocenters. The molecule has 7 heteroatoms. The second-order valence-corrected chi connectivity index (χ2v) is 8.18. The number of carbonyl (C=O) groups is 2. The SMILES string of the molecule is O=C1C(=O)N(C2CCCC2)C(c2ccc(O)cc2)/C1=C(/O)c1ccc(Cl)c(Cl)c1. The van der Waals surface area contributed by atoms with Crippen LogP contribution in [0.15, 0.2) is 48.0 Å². The summed E-state index contributed by atoms with van der Waals surface area (Å²) >= 11 is 12.0. The average Bonchev–Trinajstić information content (AvgIpc) is 3.31. The van der Waals surface area contributed by atoms with Gasteiger partial charge in [0, 0.05) is 11.6 Å². The Balaban J connectivity index is 1.89. The van der Waals surface area contributed by atoms with Gasteiger partial charge in [-0.05, 0) is 48.7 Å². The van der Waals surface area contributed by atoms with Gasteiger partial charge in [0.1, 0.15) is 11.5 Å². The number of Topliss-reactive ketones (excluding diaryl/α,β-unsaturated/α-hetero) is 1. The summed E-state index contributed by atoms with van der Waals surface area (Å²) in [5, 5.41) is 21.2. The summed E-state index contributed by atoms with van der Waals surface area (Å²) in [7, 11) is 0. The number of amides is 1. The minimum atomic E-state index is -0.729. The molecule has 2 N–H and O–H groups in total. The molecular formula is C22H19Cl2NO4. The summed E-state index contributed by atoms with van der Waals surface area (Å²) < 4.78 is 0. The number of likely N-dealkylation sites (tertiary alicyclic amines) is 1. The van der Waals surface area contributed by atoms with Crippen LogP contribution in [0, 0.1) is 0 Å². The summed E-state index contributed by atoms with van der Waals surface area (Å²) in [5.74, 6) is -1.55. The first-order valence-electron chi connectivity index (χ1n) is 9.43. The number of phenolic OH excluding ortho intramolecular Hbond substituents is 1. The summed E-state index contributed by atoms with van der Waals surface area (Å²) in [6.07, 6.45) is 3.61. The van der Waals surface area contributed by atoms with Gasteiger partial charge in [-0.2, -0.15) is 0 Å². The number of benzene rings is 2. The van der Waals surface area contributed by atoms with Crippen LogP contribution in [0.4, 0.5) is 0 Å². The van der Waals surface area contributed by atoms with E-state index in [0.29, 0.717) is 16.1 Å². The van der Waals surface area contributed by atoms with Crippen molar-refractivity contribution >= 4 is 40.7 Å². The van der Waals surface area contributed by atoms with Crippen molar-refractivity contribution in [2.24, 2.45) is 0 Å². The highest BCUT2D eigenvalue weighted by atomic mass is 35.5. The Labute approximate surface area is 178 Å². The molecule has 2 fully saturated rings. The van der Waals surface area contributed by atoms with Crippen molar-refractivity contribution in [2.75, 3.05) is 0 Å². The minimum absolute atomic E-state index is 0.0194. The lowest BCUT2D eigenvalue weighted by atomic mass is 9.94. The standard InChI is InChI=1S/C22H19Cl2NO4/c23-16-10-7-13(11-17(16)24)20(27)18-19(12-5-8-15(26)9-6-12)25(22(29)21(18)28)14-3-1-2-4-14/h5-11,14,19,26-27H,1-4H2/b20-18-. The van der Waals surface area contributed by atoms with E-state index in [1.165, 1.54) is 24.3 Å². The van der Waals surface area contributed by atoms with Crippen LogP contribution in [0.25, 0.3) is 5.76 Å². The molecule has 2 aliphatic rings. The van der Waals surface area contributed by atoms with Crippen molar-refractivity contribution in [1.29, 1.82) is 0 Å². The number of nitrogens with zero attached hydrogens (tertiary/aromatic N) is 1. The van der Waals surface area contributed by atoms with E-state index in [0.717, 1.165) is 25.7 Å². The van der Waals surface area contributed by atoms with Gasteiger partial charge in [0.05, 0.1) is 21.7 Å². The lowest BCUT2D eigenvalue weighted by Crippen LogP contribution is -2.37. The lowest BCUT2D eigenvalue weighted by Gasteiger charge is -2.30. The highest BCUT2D eigenvalue weighted by Crippen LogP contribution is 2.44. The Hall–Kier alpha value is -2.50. The van der Waals surface area contributed by atoms with Crippen molar-refractivity contribution in [1.82, 2.24) is 4.90 Å². The zero-order valence-corrected chi connectivity index (χ0v) is 17.0. The van der Waals surface area contributed by atoms with E-state index in [2.05, 4.69) is 0 Å². The quantitative estimate of drug-likeness (QED) is 0.404. The maximum Gasteiger partial charge on any atom is 0.295 e. The zero-order valence-electron chi connectivity index (χ0n) is 15.4. The van der Waals surface area contributed by atoms with Crippen LogP contribution >= 0.6 is 23.2 Å². The zero-order chi connectivity index (χ0) is 20.7. The molecular weight excluding hydrogens is 413 g/mol. The monoisotopic (exact) mass is 431 g/mol. The topological polar surface area (TPSA) is 77.8 Å².